The monoisotopic (exact) mass is 499 g/mol. The summed E-state index contributed by atoms with van der Waals surface area (Å²) < 4.78 is 0. The van der Waals surface area contributed by atoms with E-state index < -0.39 is 0 Å². The Balaban J connectivity index is 0.00000280. The van der Waals surface area contributed by atoms with Crippen molar-refractivity contribution in [2.24, 2.45) is 16.8 Å². The van der Waals surface area contributed by atoms with Crippen LogP contribution in [0.3, 0.4) is 0 Å². The molecule has 6 nitrogen and oxygen atoms in total. The number of hydrogen-bond donors (Lipinski definition) is 2. The van der Waals surface area contributed by atoms with Gasteiger partial charge < -0.3 is 20.4 Å². The van der Waals surface area contributed by atoms with Crippen LogP contribution in [0.5, 0.6) is 0 Å². The number of carbonyl (C=O) groups excluding carboxylic acids is 1. The summed E-state index contributed by atoms with van der Waals surface area (Å²) in [6, 6.07) is 10.9. The normalized spacial score (nSPS) is 22.4. The number of nitrogens with one attached hydrogen (secondary N) is 2. The van der Waals surface area contributed by atoms with Crippen LogP contribution in [0.1, 0.15) is 26.7 Å². The van der Waals surface area contributed by atoms with Gasteiger partial charge in [-0.05, 0) is 30.9 Å². The van der Waals surface area contributed by atoms with Gasteiger partial charge in [0.15, 0.2) is 5.96 Å². The fraction of sp³-hybridized carbons (Fsp3) is 0.619. The lowest BCUT2D eigenvalue weighted by atomic mass is 10.1. The average Bonchev–Trinajstić information content (AvgIpc) is 3.34. The minimum absolute atomic E-state index is 0. The van der Waals surface area contributed by atoms with Crippen LogP contribution in [-0.4, -0.2) is 62.6 Å². The topological polar surface area (TPSA) is 60.0 Å². The summed E-state index contributed by atoms with van der Waals surface area (Å²) in [5.41, 5.74) is 1.31. The first-order chi connectivity index (χ1) is 13.1. The van der Waals surface area contributed by atoms with Gasteiger partial charge in [0, 0.05) is 57.4 Å². The van der Waals surface area contributed by atoms with Crippen LogP contribution < -0.4 is 15.5 Å². The quantitative estimate of drug-likeness (QED) is 0.372. The molecular weight excluding hydrogens is 465 g/mol. The second-order valence-corrected chi connectivity index (χ2v) is 7.96. The van der Waals surface area contributed by atoms with Crippen molar-refractivity contribution in [3.63, 3.8) is 0 Å². The molecule has 0 aliphatic carbocycles. The molecule has 0 aromatic heterocycles. The van der Waals surface area contributed by atoms with E-state index in [0.717, 1.165) is 45.1 Å². The van der Waals surface area contributed by atoms with Crippen molar-refractivity contribution in [1.82, 2.24) is 15.5 Å². The number of aliphatic imine (C=N–C) groups is 1. The van der Waals surface area contributed by atoms with Crippen molar-refractivity contribution >= 4 is 41.5 Å². The number of carbonyl (C=O) groups is 1. The van der Waals surface area contributed by atoms with Crippen molar-refractivity contribution in [1.29, 1.82) is 0 Å². The molecule has 2 aliphatic heterocycles. The minimum Gasteiger partial charge on any atom is -0.371 e. The van der Waals surface area contributed by atoms with Crippen LogP contribution in [0.4, 0.5) is 5.69 Å². The predicted octanol–water partition coefficient (Wildman–Crippen LogP) is 2.55. The number of anilines is 1. The Bertz CT molecular complexity index is 651. The van der Waals surface area contributed by atoms with Gasteiger partial charge >= 0.3 is 0 Å². The van der Waals surface area contributed by atoms with E-state index in [-0.39, 0.29) is 41.8 Å². The molecule has 2 unspecified atom stereocenters. The van der Waals surface area contributed by atoms with Crippen molar-refractivity contribution in [2.45, 2.75) is 32.7 Å². The molecule has 156 valence electrons. The smallest absolute Gasteiger partial charge is 0.225 e. The minimum atomic E-state index is 0. The van der Waals surface area contributed by atoms with E-state index in [1.54, 1.807) is 0 Å². The van der Waals surface area contributed by atoms with Crippen molar-refractivity contribution in [3.05, 3.63) is 30.3 Å². The molecule has 1 aromatic rings. The molecule has 0 spiro atoms. The molecule has 0 bridgehead atoms. The number of benzene rings is 1. The van der Waals surface area contributed by atoms with Crippen LogP contribution in [0.15, 0.2) is 35.3 Å². The first kappa shape index (κ1) is 22.8. The summed E-state index contributed by atoms with van der Waals surface area (Å²) >= 11 is 0. The van der Waals surface area contributed by atoms with Gasteiger partial charge in [0.05, 0.1) is 0 Å². The highest BCUT2D eigenvalue weighted by atomic mass is 127. The van der Waals surface area contributed by atoms with E-state index in [2.05, 4.69) is 50.9 Å². The summed E-state index contributed by atoms with van der Waals surface area (Å²) in [5, 5.41) is 6.97. The molecule has 2 saturated heterocycles. The van der Waals surface area contributed by atoms with Crippen LogP contribution in [0.25, 0.3) is 0 Å². The van der Waals surface area contributed by atoms with E-state index in [1.165, 1.54) is 12.1 Å². The maximum atomic E-state index is 12.1. The highest BCUT2D eigenvalue weighted by molar-refractivity contribution is 14.0. The number of halogens is 1. The summed E-state index contributed by atoms with van der Waals surface area (Å²) in [7, 11) is 1.81. The number of rotatable bonds is 5. The summed E-state index contributed by atoms with van der Waals surface area (Å²) in [4.78, 5) is 20.9. The lowest BCUT2D eigenvalue weighted by Gasteiger charge is -2.21. The second kappa shape index (κ2) is 10.9. The number of guanidine groups is 1. The molecule has 1 aromatic carbocycles. The fourth-order valence-corrected chi connectivity index (χ4v) is 3.94. The largest absolute Gasteiger partial charge is 0.371 e. The molecule has 7 heteroatoms. The zero-order valence-corrected chi connectivity index (χ0v) is 19.6. The number of likely N-dealkylation sites (tertiary alicyclic amines) is 1. The van der Waals surface area contributed by atoms with Gasteiger partial charge in [0.25, 0.3) is 0 Å². The van der Waals surface area contributed by atoms with Gasteiger partial charge in [0.2, 0.25) is 5.91 Å². The van der Waals surface area contributed by atoms with E-state index in [1.807, 2.05) is 25.8 Å². The lowest BCUT2D eigenvalue weighted by molar-refractivity contribution is -0.133. The van der Waals surface area contributed by atoms with E-state index in [4.69, 9.17) is 0 Å². The summed E-state index contributed by atoms with van der Waals surface area (Å²) in [6.45, 7) is 8.63. The molecule has 2 heterocycles. The lowest BCUT2D eigenvalue weighted by Crippen LogP contribution is -2.46. The van der Waals surface area contributed by atoms with Crippen LogP contribution in [-0.2, 0) is 4.79 Å². The molecule has 3 rings (SSSR count). The molecule has 2 aliphatic rings. The average molecular weight is 499 g/mol. The van der Waals surface area contributed by atoms with Gasteiger partial charge in [-0.15, -0.1) is 24.0 Å². The predicted molar refractivity (Wildman–Crippen MR) is 126 cm³/mol. The Morgan fingerprint density at radius 3 is 2.61 bits per heavy atom. The van der Waals surface area contributed by atoms with Gasteiger partial charge in [-0.1, -0.05) is 32.0 Å². The Hall–Kier alpha value is -1.51. The maximum Gasteiger partial charge on any atom is 0.225 e. The first-order valence-corrected chi connectivity index (χ1v) is 10.1. The van der Waals surface area contributed by atoms with E-state index >= 15 is 0 Å². The van der Waals surface area contributed by atoms with E-state index in [0.29, 0.717) is 5.92 Å². The van der Waals surface area contributed by atoms with Crippen molar-refractivity contribution in [2.75, 3.05) is 44.7 Å². The van der Waals surface area contributed by atoms with Crippen molar-refractivity contribution in [3.8, 4) is 0 Å². The third-order valence-corrected chi connectivity index (χ3v) is 5.52. The van der Waals surface area contributed by atoms with Crippen LogP contribution >= 0.6 is 24.0 Å². The molecular formula is C21H34IN5O. The standard InChI is InChI=1S/C21H33N5O.HI/c1-16(2)20(27)26-12-10-18(15-26)24-21(22-3)23-13-17-9-11-25(14-17)19-7-5-4-6-8-19;/h4-8,16-18H,9-15H2,1-3H3,(H2,22,23,24);1H. The molecule has 2 N–H and O–H groups in total. The molecule has 28 heavy (non-hydrogen) atoms. The van der Waals surface area contributed by atoms with Crippen LogP contribution in [0, 0.1) is 11.8 Å². The summed E-state index contributed by atoms with van der Waals surface area (Å²) in [6.07, 6.45) is 2.17. The Morgan fingerprint density at radius 1 is 1.18 bits per heavy atom. The SMILES string of the molecule is CN=C(NCC1CCN(c2ccccc2)C1)NC1CCN(C(=O)C(C)C)C1.I. The van der Waals surface area contributed by atoms with Crippen molar-refractivity contribution < 1.29 is 4.79 Å². The van der Waals surface area contributed by atoms with Crippen LogP contribution in [0.2, 0.25) is 0 Å². The second-order valence-electron chi connectivity index (χ2n) is 7.96. The fourth-order valence-electron chi connectivity index (χ4n) is 3.94. The third kappa shape index (κ3) is 5.99. The summed E-state index contributed by atoms with van der Waals surface area (Å²) in [5.74, 6) is 1.77. The van der Waals surface area contributed by atoms with Gasteiger partial charge in [-0.2, -0.15) is 0 Å². The molecule has 2 atom stereocenters. The Kier molecular flexibility index (Phi) is 8.85. The Labute approximate surface area is 186 Å². The maximum absolute atomic E-state index is 12.1. The van der Waals surface area contributed by atoms with Gasteiger partial charge in [0.1, 0.15) is 0 Å². The molecule has 0 radical (unpaired) electrons. The zero-order valence-electron chi connectivity index (χ0n) is 17.2. The Morgan fingerprint density at radius 2 is 1.93 bits per heavy atom. The van der Waals surface area contributed by atoms with E-state index in [9.17, 15) is 4.79 Å². The highest BCUT2D eigenvalue weighted by Gasteiger charge is 2.28. The number of nitrogens with zero attached hydrogens (tertiary/aromatic N) is 3. The number of amides is 1. The van der Waals surface area contributed by atoms with Gasteiger partial charge in [-0.3, -0.25) is 9.79 Å². The highest BCUT2D eigenvalue weighted by Crippen LogP contribution is 2.23. The number of hydrogen-bond acceptors (Lipinski definition) is 3. The third-order valence-electron chi connectivity index (χ3n) is 5.52. The zero-order chi connectivity index (χ0) is 19.2. The molecule has 1 amide bonds. The number of para-hydroxylation sites is 1. The first-order valence-electron chi connectivity index (χ1n) is 10.1. The molecule has 0 saturated carbocycles. The molecule has 2 fully saturated rings. The van der Waals surface area contributed by atoms with Gasteiger partial charge in [-0.25, -0.2) is 0 Å².